The first kappa shape index (κ1) is 18.8. The van der Waals surface area contributed by atoms with Crippen LogP contribution in [0.3, 0.4) is 0 Å². The zero-order valence-electron chi connectivity index (χ0n) is 15.1. The summed E-state index contributed by atoms with van der Waals surface area (Å²) in [6.07, 6.45) is 0. The Morgan fingerprint density at radius 2 is 1.89 bits per heavy atom. The Hall–Kier alpha value is -2.94. The molecule has 1 aliphatic rings. The Labute approximate surface area is 156 Å². The molecule has 9 heteroatoms. The van der Waals surface area contributed by atoms with Gasteiger partial charge in [0, 0.05) is 51.0 Å². The SMILES string of the molecule is Cc1cc(C(=O)N2CCN(CCNC(=O)Nc3ccc(F)cc3)CC2)no1. The largest absolute Gasteiger partial charge is 0.361 e. The van der Waals surface area contributed by atoms with Crippen molar-refractivity contribution >= 4 is 17.6 Å². The van der Waals surface area contributed by atoms with Crippen LogP contribution in [0, 0.1) is 12.7 Å². The van der Waals surface area contributed by atoms with Crippen molar-refractivity contribution in [2.45, 2.75) is 6.92 Å². The molecule has 0 spiro atoms. The van der Waals surface area contributed by atoms with Crippen molar-refractivity contribution in [3.63, 3.8) is 0 Å². The maximum Gasteiger partial charge on any atom is 0.319 e. The summed E-state index contributed by atoms with van der Waals surface area (Å²) in [5, 5.41) is 9.18. The molecule has 0 radical (unpaired) electrons. The van der Waals surface area contributed by atoms with E-state index in [0.717, 1.165) is 13.1 Å². The molecule has 0 unspecified atom stereocenters. The number of piperazine rings is 1. The monoisotopic (exact) mass is 375 g/mol. The van der Waals surface area contributed by atoms with Crippen molar-refractivity contribution in [1.82, 2.24) is 20.3 Å². The van der Waals surface area contributed by atoms with Crippen molar-refractivity contribution in [2.75, 3.05) is 44.6 Å². The molecule has 0 atom stereocenters. The van der Waals surface area contributed by atoms with Crippen LogP contribution in [0.15, 0.2) is 34.9 Å². The quantitative estimate of drug-likeness (QED) is 0.830. The highest BCUT2D eigenvalue weighted by molar-refractivity contribution is 5.92. The number of nitrogens with one attached hydrogen (secondary N) is 2. The lowest BCUT2D eigenvalue weighted by Crippen LogP contribution is -2.50. The molecule has 144 valence electrons. The van der Waals surface area contributed by atoms with Gasteiger partial charge in [0.1, 0.15) is 11.6 Å². The first-order chi connectivity index (χ1) is 13.0. The fourth-order valence-corrected chi connectivity index (χ4v) is 2.84. The topological polar surface area (TPSA) is 90.7 Å². The number of nitrogens with zero attached hydrogens (tertiary/aromatic N) is 3. The first-order valence-electron chi connectivity index (χ1n) is 8.76. The van der Waals surface area contributed by atoms with Crippen LogP contribution in [-0.4, -0.2) is 66.2 Å². The zero-order chi connectivity index (χ0) is 19.2. The predicted octanol–water partition coefficient (Wildman–Crippen LogP) is 1.70. The van der Waals surface area contributed by atoms with Gasteiger partial charge in [-0.15, -0.1) is 0 Å². The molecule has 2 N–H and O–H groups in total. The van der Waals surface area contributed by atoms with Crippen molar-refractivity contribution in [2.24, 2.45) is 0 Å². The van der Waals surface area contributed by atoms with Crippen LogP contribution < -0.4 is 10.6 Å². The number of carbonyl (C=O) groups excluding carboxylic acids is 2. The number of benzene rings is 1. The van der Waals surface area contributed by atoms with Gasteiger partial charge in [-0.25, -0.2) is 9.18 Å². The summed E-state index contributed by atoms with van der Waals surface area (Å²) in [5.74, 6) is 0.141. The number of halogens is 1. The number of aryl methyl sites for hydroxylation is 1. The normalized spacial score (nSPS) is 14.8. The Morgan fingerprint density at radius 3 is 2.52 bits per heavy atom. The molecule has 3 amide bonds. The van der Waals surface area contributed by atoms with E-state index in [1.807, 2.05) is 0 Å². The minimum absolute atomic E-state index is 0.122. The van der Waals surface area contributed by atoms with Gasteiger partial charge in [0.15, 0.2) is 5.69 Å². The number of carbonyl (C=O) groups is 2. The molecule has 0 saturated carbocycles. The highest BCUT2D eigenvalue weighted by Crippen LogP contribution is 2.10. The molecule has 2 aromatic rings. The molecule has 27 heavy (non-hydrogen) atoms. The number of aromatic nitrogens is 1. The molecule has 0 bridgehead atoms. The van der Waals surface area contributed by atoms with Crippen LogP contribution >= 0.6 is 0 Å². The molecular formula is C18H22FN5O3. The summed E-state index contributed by atoms with van der Waals surface area (Å²) in [4.78, 5) is 28.1. The van der Waals surface area contributed by atoms with Gasteiger partial charge in [0.05, 0.1) is 0 Å². The summed E-state index contributed by atoms with van der Waals surface area (Å²) in [5.41, 5.74) is 0.865. The average Bonchev–Trinajstić information content (AvgIpc) is 3.10. The third kappa shape index (κ3) is 5.27. The van der Waals surface area contributed by atoms with Gasteiger partial charge in [-0.3, -0.25) is 9.69 Å². The minimum atomic E-state index is -0.350. The molecule has 0 aliphatic carbocycles. The van der Waals surface area contributed by atoms with Gasteiger partial charge in [-0.1, -0.05) is 5.16 Å². The van der Waals surface area contributed by atoms with Gasteiger partial charge in [0.25, 0.3) is 5.91 Å². The molecule has 1 saturated heterocycles. The van der Waals surface area contributed by atoms with Gasteiger partial charge in [0.2, 0.25) is 0 Å². The summed E-state index contributed by atoms with van der Waals surface area (Å²) in [7, 11) is 0. The van der Waals surface area contributed by atoms with E-state index in [9.17, 15) is 14.0 Å². The number of urea groups is 1. The van der Waals surface area contributed by atoms with Crippen LogP contribution in [0.5, 0.6) is 0 Å². The molecular weight excluding hydrogens is 353 g/mol. The second kappa shape index (κ2) is 8.63. The van der Waals surface area contributed by atoms with Crippen LogP contribution in [0.1, 0.15) is 16.2 Å². The highest BCUT2D eigenvalue weighted by atomic mass is 19.1. The minimum Gasteiger partial charge on any atom is -0.361 e. The molecule has 1 aromatic heterocycles. The van der Waals surface area contributed by atoms with Gasteiger partial charge < -0.3 is 20.1 Å². The third-order valence-corrected chi connectivity index (χ3v) is 4.32. The maximum atomic E-state index is 12.8. The second-order valence-corrected chi connectivity index (χ2v) is 6.34. The van der Waals surface area contributed by atoms with Crippen LogP contribution in [0.4, 0.5) is 14.9 Å². The van der Waals surface area contributed by atoms with Gasteiger partial charge in [-0.2, -0.15) is 0 Å². The molecule has 1 aliphatic heterocycles. The molecule has 1 aromatic carbocycles. The predicted molar refractivity (Wildman–Crippen MR) is 97.0 cm³/mol. The van der Waals surface area contributed by atoms with E-state index >= 15 is 0 Å². The van der Waals surface area contributed by atoms with Crippen molar-refractivity contribution in [3.05, 3.63) is 47.6 Å². The Balaban J connectivity index is 1.35. The van der Waals surface area contributed by atoms with Crippen LogP contribution in [0.25, 0.3) is 0 Å². The lowest BCUT2D eigenvalue weighted by atomic mass is 10.2. The van der Waals surface area contributed by atoms with Gasteiger partial charge >= 0.3 is 6.03 Å². The Bertz CT molecular complexity index is 785. The van der Waals surface area contributed by atoms with E-state index in [1.54, 1.807) is 17.9 Å². The number of hydrogen-bond donors (Lipinski definition) is 2. The Kier molecular flexibility index (Phi) is 6.02. The number of amides is 3. The van der Waals surface area contributed by atoms with E-state index < -0.39 is 0 Å². The van der Waals surface area contributed by atoms with E-state index in [4.69, 9.17) is 4.52 Å². The van der Waals surface area contributed by atoms with E-state index in [0.29, 0.717) is 43.3 Å². The number of rotatable bonds is 5. The van der Waals surface area contributed by atoms with Crippen molar-refractivity contribution in [1.29, 1.82) is 0 Å². The summed E-state index contributed by atoms with van der Waals surface area (Å²) >= 11 is 0. The Morgan fingerprint density at radius 1 is 1.19 bits per heavy atom. The second-order valence-electron chi connectivity index (χ2n) is 6.34. The summed E-state index contributed by atoms with van der Waals surface area (Å²) in [6.45, 7) is 5.57. The van der Waals surface area contributed by atoms with E-state index in [2.05, 4.69) is 20.7 Å². The van der Waals surface area contributed by atoms with E-state index in [1.165, 1.54) is 24.3 Å². The average molecular weight is 375 g/mol. The van der Waals surface area contributed by atoms with Crippen molar-refractivity contribution < 1.29 is 18.5 Å². The summed E-state index contributed by atoms with van der Waals surface area (Å²) in [6, 6.07) is 6.88. The van der Waals surface area contributed by atoms with Crippen LogP contribution in [0.2, 0.25) is 0 Å². The maximum absolute atomic E-state index is 12.8. The fourth-order valence-electron chi connectivity index (χ4n) is 2.84. The lowest BCUT2D eigenvalue weighted by Gasteiger charge is -2.34. The molecule has 1 fully saturated rings. The number of anilines is 1. The zero-order valence-corrected chi connectivity index (χ0v) is 15.1. The van der Waals surface area contributed by atoms with Crippen molar-refractivity contribution in [3.8, 4) is 0 Å². The fraction of sp³-hybridized carbons (Fsp3) is 0.389. The lowest BCUT2D eigenvalue weighted by molar-refractivity contribution is 0.0629. The van der Waals surface area contributed by atoms with E-state index in [-0.39, 0.29) is 17.8 Å². The highest BCUT2D eigenvalue weighted by Gasteiger charge is 2.24. The standard InChI is InChI=1S/C18H22FN5O3/c1-13-12-16(22-27-13)17(25)24-10-8-23(9-11-24)7-6-20-18(26)21-15-4-2-14(19)3-5-15/h2-5,12H,6-11H2,1H3,(H2,20,21,26). The molecule has 3 rings (SSSR count). The van der Waals surface area contributed by atoms with Crippen LogP contribution in [-0.2, 0) is 0 Å². The summed E-state index contributed by atoms with van der Waals surface area (Å²) < 4.78 is 17.8. The smallest absolute Gasteiger partial charge is 0.319 e. The third-order valence-electron chi connectivity index (χ3n) is 4.32. The first-order valence-corrected chi connectivity index (χ1v) is 8.76. The van der Waals surface area contributed by atoms with Gasteiger partial charge in [-0.05, 0) is 31.2 Å². The molecule has 8 nitrogen and oxygen atoms in total. The number of hydrogen-bond acceptors (Lipinski definition) is 5. The molecule has 2 heterocycles.